The summed E-state index contributed by atoms with van der Waals surface area (Å²) in [7, 11) is 0. The number of amides is 1. The molecule has 1 atom stereocenters. The van der Waals surface area contributed by atoms with Crippen molar-refractivity contribution in [2.45, 2.75) is 26.2 Å². The van der Waals surface area contributed by atoms with Crippen molar-refractivity contribution in [3.63, 3.8) is 0 Å². The van der Waals surface area contributed by atoms with E-state index in [0.29, 0.717) is 37.4 Å². The van der Waals surface area contributed by atoms with Crippen molar-refractivity contribution in [3.05, 3.63) is 34.9 Å². The smallest absolute Gasteiger partial charge is 0.311 e. The second-order valence-electron chi connectivity index (χ2n) is 5.56. The van der Waals surface area contributed by atoms with Crippen LogP contribution in [-0.4, -0.2) is 35.0 Å². The molecule has 1 heterocycles. The van der Waals surface area contributed by atoms with Crippen LogP contribution < -0.4 is 0 Å². The Bertz CT molecular complexity index is 514. The molecule has 4 nitrogen and oxygen atoms in total. The molecule has 5 heteroatoms. The number of aryl methyl sites for hydroxylation is 1. The van der Waals surface area contributed by atoms with Crippen molar-refractivity contribution >= 4 is 23.5 Å². The number of carboxylic acids is 1. The van der Waals surface area contributed by atoms with Crippen molar-refractivity contribution in [1.82, 2.24) is 4.90 Å². The second kappa shape index (κ2) is 5.83. The number of carboxylic acid groups (broad SMARTS) is 1. The van der Waals surface area contributed by atoms with Crippen LogP contribution in [0.15, 0.2) is 24.3 Å². The summed E-state index contributed by atoms with van der Waals surface area (Å²) in [5, 5.41) is 9.83. The van der Waals surface area contributed by atoms with Crippen LogP contribution in [0.5, 0.6) is 0 Å². The van der Waals surface area contributed by atoms with E-state index in [9.17, 15) is 9.59 Å². The summed E-state index contributed by atoms with van der Waals surface area (Å²) >= 11 is 5.81. The molecule has 0 saturated carbocycles. The van der Waals surface area contributed by atoms with Gasteiger partial charge in [0.15, 0.2) is 0 Å². The van der Waals surface area contributed by atoms with Gasteiger partial charge in [-0.15, -0.1) is 0 Å². The van der Waals surface area contributed by atoms with E-state index in [0.717, 1.165) is 5.56 Å². The molecular weight excluding hydrogens is 278 g/mol. The number of rotatable bonds is 4. The maximum absolute atomic E-state index is 12.1. The van der Waals surface area contributed by atoms with Crippen LogP contribution in [0.3, 0.4) is 0 Å². The van der Waals surface area contributed by atoms with E-state index in [4.69, 9.17) is 16.7 Å². The minimum atomic E-state index is -0.828. The largest absolute Gasteiger partial charge is 0.481 e. The summed E-state index contributed by atoms with van der Waals surface area (Å²) in [5.41, 5.74) is 0.263. The summed E-state index contributed by atoms with van der Waals surface area (Å²) in [6.45, 7) is 2.53. The molecule has 108 valence electrons. The SMILES string of the molecule is CC1(C(=O)O)CCN(C(=O)CCc2ccc(Cl)cc2)C1. The number of likely N-dealkylation sites (tertiary alicyclic amines) is 1. The van der Waals surface area contributed by atoms with Gasteiger partial charge < -0.3 is 10.0 Å². The number of hydrogen-bond acceptors (Lipinski definition) is 2. The Kier molecular flexibility index (Phi) is 4.33. The second-order valence-corrected chi connectivity index (χ2v) is 5.99. The van der Waals surface area contributed by atoms with Gasteiger partial charge in [0.05, 0.1) is 5.41 Å². The molecule has 1 saturated heterocycles. The van der Waals surface area contributed by atoms with Gasteiger partial charge in [-0.05, 0) is 37.5 Å². The molecule has 2 rings (SSSR count). The fraction of sp³-hybridized carbons (Fsp3) is 0.467. The first-order valence-electron chi connectivity index (χ1n) is 6.66. The standard InChI is InChI=1S/C15H18ClNO3/c1-15(14(19)20)8-9-17(10-15)13(18)7-4-11-2-5-12(16)6-3-11/h2-3,5-6H,4,7-10H2,1H3,(H,19,20). The summed E-state index contributed by atoms with van der Waals surface area (Å²) in [6, 6.07) is 7.42. The number of aliphatic carboxylic acids is 1. The van der Waals surface area contributed by atoms with Gasteiger partial charge in [0.25, 0.3) is 0 Å². The Morgan fingerprint density at radius 1 is 1.35 bits per heavy atom. The summed E-state index contributed by atoms with van der Waals surface area (Å²) in [5.74, 6) is -0.810. The first kappa shape index (κ1) is 14.9. The molecule has 0 spiro atoms. The molecule has 20 heavy (non-hydrogen) atoms. The number of nitrogens with zero attached hydrogens (tertiary/aromatic N) is 1. The number of carbonyl (C=O) groups excluding carboxylic acids is 1. The molecule has 1 aliphatic rings. The number of halogens is 1. The van der Waals surface area contributed by atoms with Crippen LogP contribution in [0.4, 0.5) is 0 Å². The van der Waals surface area contributed by atoms with Gasteiger partial charge in [0.2, 0.25) is 5.91 Å². The molecule has 1 N–H and O–H groups in total. The van der Waals surface area contributed by atoms with E-state index in [2.05, 4.69) is 0 Å². The number of benzene rings is 1. The molecule has 0 aliphatic carbocycles. The Hall–Kier alpha value is -1.55. The Morgan fingerprint density at radius 3 is 2.55 bits per heavy atom. The topological polar surface area (TPSA) is 57.6 Å². The third-order valence-electron chi connectivity index (χ3n) is 3.88. The van der Waals surface area contributed by atoms with Gasteiger partial charge in [-0.1, -0.05) is 23.7 Å². The zero-order valence-electron chi connectivity index (χ0n) is 11.4. The highest BCUT2D eigenvalue weighted by Crippen LogP contribution is 2.30. The van der Waals surface area contributed by atoms with E-state index in [1.165, 1.54) is 0 Å². The van der Waals surface area contributed by atoms with Gasteiger partial charge in [-0.25, -0.2) is 0 Å². The quantitative estimate of drug-likeness (QED) is 0.929. The molecule has 1 amide bonds. The Balaban J connectivity index is 1.87. The van der Waals surface area contributed by atoms with E-state index >= 15 is 0 Å². The van der Waals surface area contributed by atoms with Crippen LogP contribution in [0.1, 0.15) is 25.3 Å². The zero-order chi connectivity index (χ0) is 14.8. The fourth-order valence-electron chi connectivity index (χ4n) is 2.41. The van der Waals surface area contributed by atoms with Crippen LogP contribution in [0.25, 0.3) is 0 Å². The van der Waals surface area contributed by atoms with Crippen LogP contribution in [0.2, 0.25) is 5.02 Å². The summed E-state index contributed by atoms with van der Waals surface area (Å²) < 4.78 is 0. The average Bonchev–Trinajstić information content (AvgIpc) is 2.82. The normalized spacial score (nSPS) is 22.0. The lowest BCUT2D eigenvalue weighted by atomic mass is 9.90. The number of carbonyl (C=O) groups is 2. The molecule has 1 aromatic rings. The van der Waals surface area contributed by atoms with Crippen LogP contribution in [-0.2, 0) is 16.0 Å². The summed E-state index contributed by atoms with van der Waals surface area (Å²) in [4.78, 5) is 24.9. The molecule has 0 bridgehead atoms. The Labute approximate surface area is 123 Å². The average molecular weight is 296 g/mol. The van der Waals surface area contributed by atoms with Crippen LogP contribution >= 0.6 is 11.6 Å². The third kappa shape index (κ3) is 3.31. The van der Waals surface area contributed by atoms with E-state index < -0.39 is 11.4 Å². The molecule has 1 aromatic carbocycles. The monoisotopic (exact) mass is 295 g/mol. The van der Waals surface area contributed by atoms with Crippen molar-refractivity contribution in [2.24, 2.45) is 5.41 Å². The summed E-state index contributed by atoms with van der Waals surface area (Å²) in [6.07, 6.45) is 1.57. The van der Waals surface area contributed by atoms with E-state index in [-0.39, 0.29) is 5.91 Å². The van der Waals surface area contributed by atoms with E-state index in [1.54, 1.807) is 24.0 Å². The maximum atomic E-state index is 12.1. The lowest BCUT2D eigenvalue weighted by molar-refractivity contribution is -0.147. The van der Waals surface area contributed by atoms with Crippen LogP contribution in [0, 0.1) is 5.41 Å². The minimum Gasteiger partial charge on any atom is -0.481 e. The number of hydrogen-bond donors (Lipinski definition) is 1. The predicted octanol–water partition coefficient (Wildman–Crippen LogP) is 2.60. The molecular formula is C15H18ClNO3. The minimum absolute atomic E-state index is 0.0184. The fourth-order valence-corrected chi connectivity index (χ4v) is 2.53. The predicted molar refractivity (Wildman–Crippen MR) is 76.7 cm³/mol. The van der Waals surface area contributed by atoms with Gasteiger partial charge in [-0.3, -0.25) is 9.59 Å². The van der Waals surface area contributed by atoms with Crippen molar-refractivity contribution in [2.75, 3.05) is 13.1 Å². The molecule has 0 radical (unpaired) electrons. The lowest BCUT2D eigenvalue weighted by Crippen LogP contribution is -2.34. The lowest BCUT2D eigenvalue weighted by Gasteiger charge is -2.20. The highest BCUT2D eigenvalue weighted by Gasteiger charge is 2.41. The first-order valence-corrected chi connectivity index (χ1v) is 7.04. The van der Waals surface area contributed by atoms with E-state index in [1.807, 2.05) is 12.1 Å². The zero-order valence-corrected chi connectivity index (χ0v) is 12.2. The van der Waals surface area contributed by atoms with Crippen molar-refractivity contribution in [3.8, 4) is 0 Å². The molecule has 1 aliphatic heterocycles. The van der Waals surface area contributed by atoms with Gasteiger partial charge in [-0.2, -0.15) is 0 Å². The van der Waals surface area contributed by atoms with Gasteiger partial charge >= 0.3 is 5.97 Å². The Morgan fingerprint density at radius 2 is 2.00 bits per heavy atom. The van der Waals surface area contributed by atoms with Gasteiger partial charge in [0, 0.05) is 24.5 Å². The highest BCUT2D eigenvalue weighted by atomic mass is 35.5. The molecule has 1 fully saturated rings. The van der Waals surface area contributed by atoms with Crippen molar-refractivity contribution < 1.29 is 14.7 Å². The first-order chi connectivity index (χ1) is 9.40. The molecule has 0 aromatic heterocycles. The third-order valence-corrected chi connectivity index (χ3v) is 4.14. The highest BCUT2D eigenvalue weighted by molar-refractivity contribution is 6.30. The van der Waals surface area contributed by atoms with Gasteiger partial charge in [0.1, 0.15) is 0 Å². The van der Waals surface area contributed by atoms with Crippen molar-refractivity contribution in [1.29, 1.82) is 0 Å². The molecule has 1 unspecified atom stereocenters. The maximum Gasteiger partial charge on any atom is 0.311 e.